The summed E-state index contributed by atoms with van der Waals surface area (Å²) in [6.45, 7) is 4.11. The highest BCUT2D eigenvalue weighted by Crippen LogP contribution is 2.20. The summed E-state index contributed by atoms with van der Waals surface area (Å²) in [7, 11) is 1.64. The van der Waals surface area contributed by atoms with Gasteiger partial charge in [-0.05, 0) is 60.9 Å². The van der Waals surface area contributed by atoms with Crippen LogP contribution in [0.5, 0.6) is 5.75 Å². The summed E-state index contributed by atoms with van der Waals surface area (Å²) in [6.07, 6.45) is 1.90. The molecule has 120 valence electrons. The zero-order valence-corrected chi connectivity index (χ0v) is 14.5. The number of imidazole rings is 1. The van der Waals surface area contributed by atoms with Crippen molar-refractivity contribution in [2.24, 2.45) is 0 Å². The van der Waals surface area contributed by atoms with Crippen molar-refractivity contribution in [3.05, 3.63) is 68.0 Å². The molecule has 0 spiro atoms. The average molecular weight is 336 g/mol. The predicted molar refractivity (Wildman–Crippen MR) is 98.1 cm³/mol. The standard InChI is InChI=1S/C19H16N2O2S/c1-11-8-15-16(9-12(11)2)21-18(22)17(24-19(21)20-15)10-13-4-6-14(23-3)7-5-13/h4-10H,1-3H3/b17-10-. The quantitative estimate of drug-likeness (QED) is 0.565. The van der Waals surface area contributed by atoms with E-state index in [-0.39, 0.29) is 5.56 Å². The fourth-order valence-corrected chi connectivity index (χ4v) is 3.76. The predicted octanol–water partition coefficient (Wildman–Crippen LogP) is 3.08. The van der Waals surface area contributed by atoms with Crippen molar-refractivity contribution >= 4 is 33.4 Å². The number of hydrogen-bond acceptors (Lipinski definition) is 4. The first-order valence-electron chi connectivity index (χ1n) is 7.65. The van der Waals surface area contributed by atoms with Crippen molar-refractivity contribution < 1.29 is 4.74 Å². The number of thiazole rings is 1. The van der Waals surface area contributed by atoms with Gasteiger partial charge >= 0.3 is 0 Å². The summed E-state index contributed by atoms with van der Waals surface area (Å²) in [5.41, 5.74) is 5.05. The highest BCUT2D eigenvalue weighted by Gasteiger charge is 2.12. The number of methoxy groups -OCH3 is 1. The van der Waals surface area contributed by atoms with Gasteiger partial charge in [0.15, 0.2) is 4.96 Å². The molecule has 2 heterocycles. The van der Waals surface area contributed by atoms with Crippen molar-refractivity contribution in [2.45, 2.75) is 13.8 Å². The van der Waals surface area contributed by atoms with Gasteiger partial charge in [-0.1, -0.05) is 23.5 Å². The molecule has 5 heteroatoms. The van der Waals surface area contributed by atoms with Gasteiger partial charge in [0.2, 0.25) is 0 Å². The molecule has 0 N–H and O–H groups in total. The van der Waals surface area contributed by atoms with Crippen LogP contribution in [-0.2, 0) is 0 Å². The van der Waals surface area contributed by atoms with E-state index in [2.05, 4.69) is 18.8 Å². The van der Waals surface area contributed by atoms with Gasteiger partial charge in [-0.2, -0.15) is 0 Å². The molecule has 4 aromatic rings. The van der Waals surface area contributed by atoms with Crippen LogP contribution >= 0.6 is 11.3 Å². The summed E-state index contributed by atoms with van der Waals surface area (Å²) in [5.74, 6) is 0.798. The summed E-state index contributed by atoms with van der Waals surface area (Å²) in [5, 5.41) is 0. The van der Waals surface area contributed by atoms with E-state index in [1.54, 1.807) is 11.5 Å². The molecule has 24 heavy (non-hydrogen) atoms. The fraction of sp³-hybridized carbons (Fsp3) is 0.158. The normalized spacial score (nSPS) is 12.4. The third kappa shape index (κ3) is 2.29. The molecule has 0 saturated carbocycles. The molecule has 0 aliphatic carbocycles. The van der Waals surface area contributed by atoms with Crippen LogP contribution in [0.15, 0.2) is 41.2 Å². The van der Waals surface area contributed by atoms with Gasteiger partial charge < -0.3 is 4.74 Å². The average Bonchev–Trinajstić information content (AvgIpc) is 3.06. The number of fused-ring (bicyclic) bond motifs is 3. The molecular formula is C19H16N2O2S. The van der Waals surface area contributed by atoms with Gasteiger partial charge in [0, 0.05) is 0 Å². The Bertz CT molecular complexity index is 1170. The van der Waals surface area contributed by atoms with Crippen molar-refractivity contribution in [1.82, 2.24) is 9.38 Å². The molecule has 2 aromatic carbocycles. The molecule has 0 bridgehead atoms. The molecule has 4 rings (SSSR count). The number of rotatable bonds is 2. The minimum absolute atomic E-state index is 0.0171. The molecule has 2 aromatic heterocycles. The Balaban J connectivity index is 1.94. The molecule has 0 radical (unpaired) electrons. The summed E-state index contributed by atoms with van der Waals surface area (Å²) >= 11 is 1.42. The van der Waals surface area contributed by atoms with Crippen LogP contribution in [0.3, 0.4) is 0 Å². The lowest BCUT2D eigenvalue weighted by molar-refractivity contribution is 0.415. The van der Waals surface area contributed by atoms with Crippen LogP contribution in [0.25, 0.3) is 22.1 Å². The zero-order valence-electron chi connectivity index (χ0n) is 13.7. The van der Waals surface area contributed by atoms with Crippen molar-refractivity contribution in [1.29, 1.82) is 0 Å². The largest absolute Gasteiger partial charge is 0.497 e. The van der Waals surface area contributed by atoms with E-state index in [9.17, 15) is 4.79 Å². The first-order valence-corrected chi connectivity index (χ1v) is 8.46. The molecular weight excluding hydrogens is 320 g/mol. The molecule has 0 saturated heterocycles. The van der Waals surface area contributed by atoms with Gasteiger partial charge in [-0.15, -0.1) is 0 Å². The Kier molecular flexibility index (Phi) is 3.39. The van der Waals surface area contributed by atoms with E-state index in [0.717, 1.165) is 32.9 Å². The van der Waals surface area contributed by atoms with Crippen LogP contribution in [0.4, 0.5) is 0 Å². The lowest BCUT2D eigenvalue weighted by Gasteiger charge is -1.99. The topological polar surface area (TPSA) is 43.6 Å². The summed E-state index contributed by atoms with van der Waals surface area (Å²) < 4.78 is 7.55. The van der Waals surface area contributed by atoms with Crippen molar-refractivity contribution in [2.75, 3.05) is 7.11 Å². The van der Waals surface area contributed by atoms with Gasteiger partial charge in [0.1, 0.15) is 5.75 Å². The Morgan fingerprint density at radius 3 is 2.54 bits per heavy atom. The van der Waals surface area contributed by atoms with Crippen LogP contribution in [-0.4, -0.2) is 16.5 Å². The number of aryl methyl sites for hydroxylation is 2. The Morgan fingerprint density at radius 1 is 1.12 bits per heavy atom. The summed E-state index contributed by atoms with van der Waals surface area (Å²) in [6, 6.07) is 11.7. The van der Waals surface area contributed by atoms with Gasteiger partial charge in [0.05, 0.1) is 22.7 Å². The second kappa shape index (κ2) is 5.46. The Hall–Kier alpha value is -2.66. The minimum atomic E-state index is -0.0171. The van der Waals surface area contributed by atoms with Crippen LogP contribution in [0, 0.1) is 13.8 Å². The maximum absolute atomic E-state index is 12.8. The van der Waals surface area contributed by atoms with Crippen molar-refractivity contribution in [3.63, 3.8) is 0 Å². The van der Waals surface area contributed by atoms with E-state index in [0.29, 0.717) is 4.53 Å². The number of ether oxygens (including phenoxy) is 1. The molecule has 0 aliphatic rings. The SMILES string of the molecule is COc1ccc(/C=c2\sc3nc4cc(C)c(C)cc4n3c2=O)cc1. The van der Waals surface area contributed by atoms with Gasteiger partial charge in [-0.3, -0.25) is 4.79 Å². The third-order valence-corrected chi connectivity index (χ3v) is 5.24. The summed E-state index contributed by atoms with van der Waals surface area (Å²) in [4.78, 5) is 18.1. The lowest BCUT2D eigenvalue weighted by atomic mass is 10.1. The van der Waals surface area contributed by atoms with E-state index >= 15 is 0 Å². The van der Waals surface area contributed by atoms with E-state index in [1.807, 2.05) is 42.5 Å². The number of hydrogen-bond donors (Lipinski definition) is 0. The van der Waals surface area contributed by atoms with Crippen LogP contribution in [0.1, 0.15) is 16.7 Å². The molecule has 4 nitrogen and oxygen atoms in total. The second-order valence-electron chi connectivity index (χ2n) is 5.84. The Morgan fingerprint density at radius 2 is 1.83 bits per heavy atom. The monoisotopic (exact) mass is 336 g/mol. The highest BCUT2D eigenvalue weighted by molar-refractivity contribution is 7.15. The smallest absolute Gasteiger partial charge is 0.274 e. The number of aromatic nitrogens is 2. The van der Waals surface area contributed by atoms with E-state index < -0.39 is 0 Å². The zero-order chi connectivity index (χ0) is 16.8. The fourth-order valence-electron chi connectivity index (χ4n) is 2.77. The number of nitrogens with zero attached hydrogens (tertiary/aromatic N) is 2. The molecule has 0 atom stereocenters. The maximum Gasteiger partial charge on any atom is 0.274 e. The first-order chi connectivity index (χ1) is 11.6. The second-order valence-corrected chi connectivity index (χ2v) is 6.85. The molecule has 0 fully saturated rings. The molecule has 0 unspecified atom stereocenters. The lowest BCUT2D eigenvalue weighted by Crippen LogP contribution is -2.22. The molecule has 0 amide bonds. The Labute approximate surface area is 142 Å². The van der Waals surface area contributed by atoms with E-state index in [4.69, 9.17) is 4.74 Å². The van der Waals surface area contributed by atoms with Crippen LogP contribution < -0.4 is 14.8 Å². The van der Waals surface area contributed by atoms with Gasteiger partial charge in [-0.25, -0.2) is 9.38 Å². The molecule has 0 aliphatic heterocycles. The highest BCUT2D eigenvalue weighted by atomic mass is 32.1. The van der Waals surface area contributed by atoms with Gasteiger partial charge in [0.25, 0.3) is 5.56 Å². The number of benzene rings is 2. The van der Waals surface area contributed by atoms with Crippen molar-refractivity contribution in [3.8, 4) is 5.75 Å². The minimum Gasteiger partial charge on any atom is -0.497 e. The van der Waals surface area contributed by atoms with E-state index in [1.165, 1.54) is 16.9 Å². The third-order valence-electron chi connectivity index (χ3n) is 4.27. The maximum atomic E-state index is 12.8. The van der Waals surface area contributed by atoms with Crippen LogP contribution in [0.2, 0.25) is 0 Å². The first kappa shape index (κ1) is 14.9.